The van der Waals surface area contributed by atoms with Crippen LogP contribution in [-0.4, -0.2) is 21.7 Å². The minimum Gasteiger partial charge on any atom is -0.479 e. The molecule has 1 unspecified atom stereocenters. The quantitative estimate of drug-likeness (QED) is 0.585. The zero-order valence-corrected chi connectivity index (χ0v) is 18.4. The summed E-state index contributed by atoms with van der Waals surface area (Å²) in [5.41, 5.74) is 7.45. The zero-order valence-electron chi connectivity index (χ0n) is 18.4. The topological polar surface area (TPSA) is 59.4 Å². The molecule has 4 nitrogen and oxygen atoms in total. The highest BCUT2D eigenvalue weighted by Crippen LogP contribution is 2.41. The maximum atomic E-state index is 12.3. The second-order valence-electron chi connectivity index (χ2n) is 9.29. The number of benzene rings is 2. The predicted octanol–water partition coefficient (Wildman–Crippen LogP) is 5.95. The normalized spacial score (nSPS) is 14.7. The second-order valence-corrected chi connectivity index (χ2v) is 9.29. The molecule has 3 aromatic rings. The lowest BCUT2D eigenvalue weighted by molar-refractivity contribution is -0.160. The Labute approximate surface area is 177 Å². The fraction of sp³-hybridized carbons (Fsp3) is 0.385. The molecular weight excluding hydrogens is 374 g/mol. The lowest BCUT2D eigenvalue weighted by atomic mass is 9.89. The highest BCUT2D eigenvalue weighted by molar-refractivity contribution is 5.99. The standard InChI is InChI=1S/C26H29NO3/c1-15-9-11-17(12-10-15)23-20-13-18-7-6-8-19(18)14-21(20)27-16(2)22(23)24(25(28)29)30-26(3,4)5/h9-14,24H,6-8H2,1-5H3,(H,28,29). The van der Waals surface area contributed by atoms with Gasteiger partial charge in [-0.25, -0.2) is 4.79 Å². The van der Waals surface area contributed by atoms with Crippen molar-refractivity contribution in [3.8, 4) is 11.1 Å². The Hall–Kier alpha value is -2.72. The van der Waals surface area contributed by atoms with Crippen molar-refractivity contribution in [2.24, 2.45) is 0 Å². The molecule has 156 valence electrons. The number of carbonyl (C=O) groups is 1. The fourth-order valence-electron chi connectivity index (χ4n) is 4.41. The summed E-state index contributed by atoms with van der Waals surface area (Å²) in [6, 6.07) is 12.7. The van der Waals surface area contributed by atoms with Gasteiger partial charge in [0.25, 0.3) is 0 Å². The Morgan fingerprint density at radius 1 is 1.07 bits per heavy atom. The van der Waals surface area contributed by atoms with Gasteiger partial charge >= 0.3 is 5.97 Å². The van der Waals surface area contributed by atoms with Crippen LogP contribution in [0.1, 0.15) is 61.2 Å². The zero-order chi connectivity index (χ0) is 21.6. The van der Waals surface area contributed by atoms with Gasteiger partial charge in [0, 0.05) is 16.6 Å². The smallest absolute Gasteiger partial charge is 0.337 e. The molecule has 0 radical (unpaired) electrons. The summed E-state index contributed by atoms with van der Waals surface area (Å²) in [7, 11) is 0. The van der Waals surface area contributed by atoms with E-state index in [-0.39, 0.29) is 0 Å². The number of ether oxygens (including phenoxy) is 1. The molecule has 0 amide bonds. The van der Waals surface area contributed by atoms with E-state index in [2.05, 4.69) is 43.3 Å². The van der Waals surface area contributed by atoms with Crippen molar-refractivity contribution in [3.05, 3.63) is 64.3 Å². The van der Waals surface area contributed by atoms with Crippen molar-refractivity contribution in [1.29, 1.82) is 0 Å². The van der Waals surface area contributed by atoms with Gasteiger partial charge in [-0.2, -0.15) is 0 Å². The maximum absolute atomic E-state index is 12.3. The molecule has 0 saturated heterocycles. The number of carboxylic acid groups (broad SMARTS) is 1. The second kappa shape index (κ2) is 7.51. The first-order chi connectivity index (χ1) is 14.1. The van der Waals surface area contributed by atoms with E-state index in [0.717, 1.165) is 46.9 Å². The van der Waals surface area contributed by atoms with Gasteiger partial charge < -0.3 is 9.84 Å². The number of aliphatic carboxylic acids is 1. The van der Waals surface area contributed by atoms with Crippen molar-refractivity contribution >= 4 is 16.9 Å². The van der Waals surface area contributed by atoms with E-state index in [0.29, 0.717) is 11.3 Å². The van der Waals surface area contributed by atoms with Gasteiger partial charge in [-0.3, -0.25) is 4.98 Å². The van der Waals surface area contributed by atoms with Crippen LogP contribution in [-0.2, 0) is 22.4 Å². The van der Waals surface area contributed by atoms with Crippen LogP contribution in [0.3, 0.4) is 0 Å². The lowest BCUT2D eigenvalue weighted by Gasteiger charge is -2.28. The van der Waals surface area contributed by atoms with E-state index in [4.69, 9.17) is 9.72 Å². The molecule has 4 rings (SSSR count). The largest absolute Gasteiger partial charge is 0.479 e. The van der Waals surface area contributed by atoms with Crippen LogP contribution in [0.2, 0.25) is 0 Å². The maximum Gasteiger partial charge on any atom is 0.337 e. The van der Waals surface area contributed by atoms with Crippen molar-refractivity contribution in [2.45, 2.75) is 65.6 Å². The number of nitrogens with zero attached hydrogens (tertiary/aromatic N) is 1. The number of carboxylic acids is 1. The number of hydrogen-bond acceptors (Lipinski definition) is 3. The Morgan fingerprint density at radius 3 is 2.30 bits per heavy atom. The Balaban J connectivity index is 2.06. The first-order valence-corrected chi connectivity index (χ1v) is 10.6. The number of hydrogen-bond donors (Lipinski definition) is 1. The van der Waals surface area contributed by atoms with E-state index in [1.165, 1.54) is 11.1 Å². The minimum atomic E-state index is -1.09. The van der Waals surface area contributed by atoms with Gasteiger partial charge in [0.1, 0.15) is 0 Å². The molecule has 1 heterocycles. The molecule has 1 atom stereocenters. The van der Waals surface area contributed by atoms with Crippen LogP contribution < -0.4 is 0 Å². The van der Waals surface area contributed by atoms with Gasteiger partial charge in [0.2, 0.25) is 0 Å². The highest BCUT2D eigenvalue weighted by Gasteiger charge is 2.32. The van der Waals surface area contributed by atoms with E-state index in [1.54, 1.807) is 0 Å². The highest BCUT2D eigenvalue weighted by atomic mass is 16.5. The molecule has 0 bridgehead atoms. The van der Waals surface area contributed by atoms with Crippen molar-refractivity contribution in [3.63, 3.8) is 0 Å². The lowest BCUT2D eigenvalue weighted by Crippen LogP contribution is -2.28. The van der Waals surface area contributed by atoms with Gasteiger partial charge in [-0.05, 0) is 88.3 Å². The van der Waals surface area contributed by atoms with Gasteiger partial charge in [0.15, 0.2) is 6.10 Å². The SMILES string of the molecule is Cc1ccc(-c2c(C(OC(C)(C)C)C(=O)O)c(C)nc3cc4c(cc23)CCC4)cc1. The van der Waals surface area contributed by atoms with Crippen LogP contribution in [0.15, 0.2) is 36.4 Å². The van der Waals surface area contributed by atoms with E-state index >= 15 is 0 Å². The molecule has 1 aliphatic carbocycles. The molecule has 1 aliphatic rings. The molecule has 0 fully saturated rings. The third-order valence-electron chi connectivity index (χ3n) is 5.72. The summed E-state index contributed by atoms with van der Waals surface area (Å²) in [6.45, 7) is 9.58. The molecule has 0 spiro atoms. The molecule has 4 heteroatoms. The van der Waals surface area contributed by atoms with Crippen LogP contribution in [0, 0.1) is 13.8 Å². The summed E-state index contributed by atoms with van der Waals surface area (Å²) < 4.78 is 6.05. The number of aryl methyl sites for hydroxylation is 4. The summed E-state index contributed by atoms with van der Waals surface area (Å²) in [5.74, 6) is -0.997. The summed E-state index contributed by atoms with van der Waals surface area (Å²) >= 11 is 0. The summed E-state index contributed by atoms with van der Waals surface area (Å²) in [5, 5.41) is 11.1. The van der Waals surface area contributed by atoms with Crippen molar-refractivity contribution in [2.75, 3.05) is 0 Å². The molecule has 30 heavy (non-hydrogen) atoms. The summed E-state index contributed by atoms with van der Waals surface area (Å²) in [4.78, 5) is 17.2. The van der Waals surface area contributed by atoms with E-state index in [9.17, 15) is 9.90 Å². The average molecular weight is 404 g/mol. The number of fused-ring (bicyclic) bond motifs is 2. The fourth-order valence-corrected chi connectivity index (χ4v) is 4.41. The first-order valence-electron chi connectivity index (χ1n) is 10.6. The third kappa shape index (κ3) is 3.84. The Kier molecular flexibility index (Phi) is 5.15. The van der Waals surface area contributed by atoms with Crippen LogP contribution in [0.25, 0.3) is 22.0 Å². The van der Waals surface area contributed by atoms with E-state index < -0.39 is 17.7 Å². The van der Waals surface area contributed by atoms with Crippen LogP contribution in [0.4, 0.5) is 0 Å². The molecule has 0 aliphatic heterocycles. The van der Waals surface area contributed by atoms with Crippen LogP contribution >= 0.6 is 0 Å². The molecule has 0 saturated carbocycles. The third-order valence-corrected chi connectivity index (χ3v) is 5.72. The monoisotopic (exact) mass is 403 g/mol. The minimum absolute atomic E-state index is 0.604. The van der Waals surface area contributed by atoms with Crippen molar-refractivity contribution in [1.82, 2.24) is 4.98 Å². The Morgan fingerprint density at radius 2 is 1.70 bits per heavy atom. The molecule has 1 aromatic heterocycles. The van der Waals surface area contributed by atoms with E-state index in [1.807, 2.05) is 27.7 Å². The van der Waals surface area contributed by atoms with Crippen molar-refractivity contribution < 1.29 is 14.6 Å². The number of rotatable bonds is 4. The number of aromatic nitrogens is 1. The average Bonchev–Trinajstić information content (AvgIpc) is 3.11. The van der Waals surface area contributed by atoms with Crippen LogP contribution in [0.5, 0.6) is 0 Å². The molecule has 2 aromatic carbocycles. The molecule has 1 N–H and O–H groups in total. The first kappa shape index (κ1) is 20.5. The summed E-state index contributed by atoms with van der Waals surface area (Å²) in [6.07, 6.45) is 2.20. The van der Waals surface area contributed by atoms with Gasteiger partial charge in [-0.1, -0.05) is 29.8 Å². The number of pyridine rings is 1. The molecular formula is C26H29NO3. The van der Waals surface area contributed by atoms with Gasteiger partial charge in [-0.15, -0.1) is 0 Å². The Bertz CT molecular complexity index is 1120. The predicted molar refractivity (Wildman–Crippen MR) is 120 cm³/mol. The van der Waals surface area contributed by atoms with Gasteiger partial charge in [0.05, 0.1) is 11.1 Å².